The van der Waals surface area contributed by atoms with Crippen molar-refractivity contribution in [3.63, 3.8) is 0 Å². The second-order valence-corrected chi connectivity index (χ2v) is 5.57. The maximum Gasteiger partial charge on any atom is 0.190 e. The molecule has 130 valence electrons. The van der Waals surface area contributed by atoms with E-state index in [1.165, 1.54) is 5.56 Å². The second-order valence-electron chi connectivity index (χ2n) is 5.57. The predicted octanol–water partition coefficient (Wildman–Crippen LogP) is 1.99. The first kappa shape index (κ1) is 17.8. The quantitative estimate of drug-likeness (QED) is 0.419. The lowest BCUT2D eigenvalue weighted by molar-refractivity contribution is 0.311. The van der Waals surface area contributed by atoms with Gasteiger partial charge < -0.3 is 15.4 Å². The minimum Gasteiger partial charge on any atom is -0.494 e. The number of aryl methyl sites for hydroxylation is 2. The zero-order valence-electron chi connectivity index (χ0n) is 14.5. The van der Waals surface area contributed by atoms with Crippen molar-refractivity contribution in [3.05, 3.63) is 48.3 Å². The highest BCUT2D eigenvalue weighted by molar-refractivity contribution is 5.79. The van der Waals surface area contributed by atoms with E-state index in [4.69, 9.17) is 4.74 Å². The first-order valence-electron chi connectivity index (χ1n) is 8.38. The molecule has 2 N–H and O–H groups in total. The van der Waals surface area contributed by atoms with Crippen molar-refractivity contribution >= 4 is 5.96 Å². The van der Waals surface area contributed by atoms with Crippen LogP contribution in [0.15, 0.2) is 47.7 Å². The van der Waals surface area contributed by atoms with Crippen molar-refractivity contribution in [3.8, 4) is 5.75 Å². The van der Waals surface area contributed by atoms with Crippen LogP contribution in [0.3, 0.4) is 0 Å². The maximum absolute atomic E-state index is 5.66. The highest BCUT2D eigenvalue weighted by atomic mass is 16.5. The van der Waals surface area contributed by atoms with Crippen molar-refractivity contribution in [1.29, 1.82) is 0 Å². The Bertz CT molecular complexity index is 609. The molecule has 0 unspecified atom stereocenters. The van der Waals surface area contributed by atoms with Gasteiger partial charge in [0.2, 0.25) is 0 Å². The highest BCUT2D eigenvalue weighted by Crippen LogP contribution is 2.08. The molecular formula is C18H27N5O. The molecular weight excluding hydrogens is 302 g/mol. The van der Waals surface area contributed by atoms with Crippen LogP contribution in [0.1, 0.15) is 18.4 Å². The summed E-state index contributed by atoms with van der Waals surface area (Å²) in [4.78, 5) is 4.23. The number of hydrogen-bond donors (Lipinski definition) is 2. The van der Waals surface area contributed by atoms with E-state index in [0.29, 0.717) is 6.61 Å². The van der Waals surface area contributed by atoms with Gasteiger partial charge in [-0.1, -0.05) is 18.2 Å². The SMILES string of the molecule is CN=C(NCCCOc1ccccc1)NCCCc1cnn(C)c1. The van der Waals surface area contributed by atoms with Crippen molar-refractivity contribution in [2.75, 3.05) is 26.7 Å². The van der Waals surface area contributed by atoms with E-state index in [-0.39, 0.29) is 0 Å². The Labute approximate surface area is 143 Å². The monoisotopic (exact) mass is 329 g/mol. The number of nitrogens with one attached hydrogen (secondary N) is 2. The van der Waals surface area contributed by atoms with Crippen LogP contribution in [-0.4, -0.2) is 42.5 Å². The Hall–Kier alpha value is -2.50. The molecule has 1 heterocycles. The topological polar surface area (TPSA) is 63.5 Å². The molecule has 6 nitrogen and oxygen atoms in total. The van der Waals surface area contributed by atoms with Gasteiger partial charge in [0, 0.05) is 33.4 Å². The third-order valence-electron chi connectivity index (χ3n) is 3.54. The van der Waals surface area contributed by atoms with Gasteiger partial charge >= 0.3 is 0 Å². The molecule has 0 bridgehead atoms. The van der Waals surface area contributed by atoms with Crippen LogP contribution in [0.25, 0.3) is 0 Å². The Morgan fingerprint density at radius 2 is 1.92 bits per heavy atom. The van der Waals surface area contributed by atoms with Gasteiger partial charge in [-0.3, -0.25) is 9.67 Å². The molecule has 0 spiro atoms. The maximum atomic E-state index is 5.66. The number of hydrogen-bond acceptors (Lipinski definition) is 3. The molecule has 0 saturated heterocycles. The first-order valence-corrected chi connectivity index (χ1v) is 8.38. The number of nitrogens with zero attached hydrogens (tertiary/aromatic N) is 3. The van der Waals surface area contributed by atoms with Gasteiger partial charge in [0.25, 0.3) is 0 Å². The summed E-state index contributed by atoms with van der Waals surface area (Å²) in [6.45, 7) is 2.40. The fourth-order valence-electron chi connectivity index (χ4n) is 2.31. The molecule has 0 radical (unpaired) electrons. The van der Waals surface area contributed by atoms with E-state index in [9.17, 15) is 0 Å². The summed E-state index contributed by atoms with van der Waals surface area (Å²) in [7, 11) is 3.73. The molecule has 1 aromatic carbocycles. The molecule has 0 fully saturated rings. The summed E-state index contributed by atoms with van der Waals surface area (Å²) in [5.74, 6) is 1.75. The lowest BCUT2D eigenvalue weighted by atomic mass is 10.2. The molecule has 1 aromatic heterocycles. The number of para-hydroxylation sites is 1. The minimum atomic E-state index is 0.689. The third kappa shape index (κ3) is 6.73. The van der Waals surface area contributed by atoms with Crippen LogP contribution in [0.4, 0.5) is 0 Å². The third-order valence-corrected chi connectivity index (χ3v) is 3.54. The van der Waals surface area contributed by atoms with Gasteiger partial charge in [-0.2, -0.15) is 5.10 Å². The largest absolute Gasteiger partial charge is 0.494 e. The van der Waals surface area contributed by atoms with Crippen molar-refractivity contribution < 1.29 is 4.74 Å². The Morgan fingerprint density at radius 3 is 2.58 bits per heavy atom. The fourth-order valence-corrected chi connectivity index (χ4v) is 2.31. The van der Waals surface area contributed by atoms with Crippen LogP contribution >= 0.6 is 0 Å². The van der Waals surface area contributed by atoms with E-state index in [0.717, 1.165) is 44.1 Å². The van der Waals surface area contributed by atoms with Crippen LogP contribution in [-0.2, 0) is 13.5 Å². The summed E-state index contributed by atoms with van der Waals surface area (Å²) in [6.07, 6.45) is 6.96. The molecule has 0 aliphatic heterocycles. The number of benzene rings is 1. The van der Waals surface area contributed by atoms with E-state index >= 15 is 0 Å². The standard InChI is InChI=1S/C18H27N5O/c1-19-18(20-11-6-8-16-14-22-23(2)15-16)21-12-7-13-24-17-9-4-3-5-10-17/h3-5,9-10,14-15H,6-8,11-13H2,1-2H3,(H2,19,20,21). The minimum absolute atomic E-state index is 0.689. The van der Waals surface area contributed by atoms with Gasteiger partial charge in [-0.25, -0.2) is 0 Å². The number of aromatic nitrogens is 2. The van der Waals surface area contributed by atoms with Gasteiger partial charge in [-0.15, -0.1) is 0 Å². The summed E-state index contributed by atoms with van der Waals surface area (Å²) in [5, 5.41) is 10.8. The van der Waals surface area contributed by atoms with E-state index in [1.54, 1.807) is 7.05 Å². The summed E-state index contributed by atoms with van der Waals surface area (Å²) < 4.78 is 7.50. The molecule has 0 atom stereocenters. The Balaban J connectivity index is 1.52. The molecule has 0 aliphatic carbocycles. The molecule has 0 saturated carbocycles. The van der Waals surface area contributed by atoms with Gasteiger partial charge in [0.05, 0.1) is 12.8 Å². The number of rotatable bonds is 9. The van der Waals surface area contributed by atoms with Crippen LogP contribution in [0.5, 0.6) is 5.75 Å². The predicted molar refractivity (Wildman–Crippen MR) is 97.4 cm³/mol. The Morgan fingerprint density at radius 1 is 1.17 bits per heavy atom. The lowest BCUT2D eigenvalue weighted by Crippen LogP contribution is -2.38. The van der Waals surface area contributed by atoms with Crippen molar-refractivity contribution in [2.45, 2.75) is 19.3 Å². The first-order chi connectivity index (χ1) is 11.8. The summed E-state index contributed by atoms with van der Waals surface area (Å²) >= 11 is 0. The Kier molecular flexibility index (Phi) is 7.67. The lowest BCUT2D eigenvalue weighted by Gasteiger charge is -2.12. The molecule has 0 aliphatic rings. The van der Waals surface area contributed by atoms with Gasteiger partial charge in [0.15, 0.2) is 5.96 Å². The highest BCUT2D eigenvalue weighted by Gasteiger charge is 1.99. The van der Waals surface area contributed by atoms with E-state index in [1.807, 2.05) is 48.3 Å². The van der Waals surface area contributed by atoms with E-state index < -0.39 is 0 Å². The van der Waals surface area contributed by atoms with Crippen LogP contribution < -0.4 is 15.4 Å². The average molecular weight is 329 g/mol. The molecule has 24 heavy (non-hydrogen) atoms. The number of ether oxygens (including phenoxy) is 1. The fraction of sp³-hybridized carbons (Fsp3) is 0.444. The smallest absolute Gasteiger partial charge is 0.190 e. The molecule has 0 amide bonds. The summed E-state index contributed by atoms with van der Waals surface area (Å²) in [6, 6.07) is 9.88. The van der Waals surface area contributed by atoms with Gasteiger partial charge in [-0.05, 0) is 37.0 Å². The number of aliphatic imine (C=N–C) groups is 1. The van der Waals surface area contributed by atoms with Crippen molar-refractivity contribution in [2.24, 2.45) is 12.0 Å². The normalized spacial score (nSPS) is 11.3. The molecule has 2 aromatic rings. The van der Waals surface area contributed by atoms with E-state index in [2.05, 4.69) is 26.9 Å². The second kappa shape index (κ2) is 10.3. The van der Waals surface area contributed by atoms with Crippen LogP contribution in [0, 0.1) is 0 Å². The molecule has 6 heteroatoms. The molecule has 2 rings (SSSR count). The van der Waals surface area contributed by atoms with Crippen LogP contribution in [0.2, 0.25) is 0 Å². The average Bonchev–Trinajstić information content (AvgIpc) is 3.02. The van der Waals surface area contributed by atoms with Crippen molar-refractivity contribution in [1.82, 2.24) is 20.4 Å². The zero-order valence-corrected chi connectivity index (χ0v) is 14.5. The van der Waals surface area contributed by atoms with Gasteiger partial charge in [0.1, 0.15) is 5.75 Å². The zero-order chi connectivity index (χ0) is 17.0. The number of guanidine groups is 1. The summed E-state index contributed by atoms with van der Waals surface area (Å²) in [5.41, 5.74) is 1.26.